The predicted octanol–water partition coefficient (Wildman–Crippen LogP) is 28.4. The Kier molecular flexibility index (Phi) is 118. The molecule has 1 aromatic rings. The van der Waals surface area contributed by atoms with Crippen LogP contribution in [-0.2, 0) is 55.0 Å². The predicted molar refractivity (Wildman–Crippen MR) is 583 cm³/mol. The summed E-state index contributed by atoms with van der Waals surface area (Å²) in [5, 5.41) is 12.2. The van der Waals surface area contributed by atoms with E-state index in [0.717, 1.165) is 47.3 Å². The smallest absolute Gasteiger partial charge is 0.242 e. The third-order valence-corrected chi connectivity index (χ3v) is 24.2. The SMILES string of the molecule is C1CC1.C1CC1.C1CC1.C1CC1.C1CC1.C1CC1.C1CC1.C1CC1.C1CC1.C1CC1.C1CC1.C1CC1.C1CC1.C1CC1.C1CC1.C1CC1.C1CC1.C1CC1.CNC(=O)C(Br)CSC.CNC(=O)CSC.CSC1CC(=O)N(C)C1=O.CSC1CC(=O)N(C)C1=O.CSCC(Br)C(C)=O.CSCC(Br)C(C)=O.CSCCC(C)=O.CSCCC(C)=O.Cc1cn(C)nn1. The zero-order valence-corrected chi connectivity index (χ0v) is 95.2. The second kappa shape index (κ2) is 109. The maximum Gasteiger partial charge on any atom is 0.242 e. The summed E-state index contributed by atoms with van der Waals surface area (Å²) in [6, 6.07) is 0. The Balaban J connectivity index is -0.000000303. The average Bonchev–Trinajstić information content (AvgIpc) is 1.72. The molecule has 21 rings (SSSR count). The molecule has 0 aromatic carbocycles. The van der Waals surface area contributed by atoms with Crippen LogP contribution in [0.3, 0.4) is 0 Å². The molecule has 18 saturated carbocycles. The van der Waals surface area contributed by atoms with Crippen molar-refractivity contribution in [3.63, 3.8) is 0 Å². The van der Waals surface area contributed by atoms with Gasteiger partial charge >= 0.3 is 0 Å². The number of alkyl halides is 3. The third-order valence-electron chi connectivity index (χ3n) is 14.6. The minimum absolute atomic E-state index is 0.0440. The molecule has 2 N–H and O–H groups in total. The first kappa shape index (κ1) is 137. The van der Waals surface area contributed by atoms with Gasteiger partial charge in [0.15, 0.2) is 0 Å². The van der Waals surface area contributed by atoms with Gasteiger partial charge in [0, 0.05) is 84.4 Å². The summed E-state index contributed by atoms with van der Waals surface area (Å²) in [7, 11) is 8.18. The molecular formula is C99H190Br3N7O10S8. The highest BCUT2D eigenvalue weighted by Crippen LogP contribution is 2.25. The number of imide groups is 2. The first-order chi connectivity index (χ1) is 61.0. The highest BCUT2D eigenvalue weighted by Gasteiger charge is 2.36. The fraction of sp³-hybridized carbons (Fsp3) is 0.879. The van der Waals surface area contributed by atoms with Gasteiger partial charge in [-0.15, -0.1) is 5.10 Å². The second-order valence-electron chi connectivity index (χ2n) is 33.7. The third kappa shape index (κ3) is 197. The minimum atomic E-state index is -0.127. The number of ketones is 4. The molecule has 5 atom stereocenters. The number of thioether (sulfide) groups is 8. The monoisotopic (exact) mass is 2130 g/mol. The Labute approximate surface area is 839 Å². The van der Waals surface area contributed by atoms with E-state index in [1.807, 2.05) is 70.2 Å². The molecule has 20 fully saturated rings. The van der Waals surface area contributed by atoms with Crippen LogP contribution in [0.25, 0.3) is 0 Å². The zero-order chi connectivity index (χ0) is 96.4. The van der Waals surface area contributed by atoms with Gasteiger partial charge in [-0.2, -0.15) is 94.1 Å². The Morgan fingerprint density at radius 1 is 0.354 bits per heavy atom. The van der Waals surface area contributed by atoms with Gasteiger partial charge in [-0.25, -0.2) is 0 Å². The molecule has 1 aromatic heterocycles. The fourth-order valence-electron chi connectivity index (χ4n) is 3.88. The summed E-state index contributed by atoms with van der Waals surface area (Å²) in [5.41, 5.74) is 0.961. The van der Waals surface area contributed by atoms with Crippen LogP contribution in [0.15, 0.2) is 6.20 Å². The van der Waals surface area contributed by atoms with Crippen molar-refractivity contribution in [1.29, 1.82) is 0 Å². The lowest BCUT2D eigenvalue weighted by molar-refractivity contribution is -0.138. The van der Waals surface area contributed by atoms with E-state index in [4.69, 9.17) is 0 Å². The molecule has 20 aliphatic rings. The van der Waals surface area contributed by atoms with Crippen molar-refractivity contribution in [2.45, 2.75) is 432 Å². The normalized spacial score (nSPS) is 18.9. The summed E-state index contributed by atoms with van der Waals surface area (Å²) < 4.78 is 1.68. The number of carbonyl (C=O) groups excluding carboxylic acids is 10. The van der Waals surface area contributed by atoms with Gasteiger partial charge in [0.2, 0.25) is 35.4 Å². The van der Waals surface area contributed by atoms with E-state index >= 15 is 0 Å². The van der Waals surface area contributed by atoms with E-state index < -0.39 is 0 Å². The number of hydrogen-bond donors (Lipinski definition) is 2. The van der Waals surface area contributed by atoms with Crippen molar-refractivity contribution in [3.8, 4) is 0 Å². The Morgan fingerprint density at radius 3 is 0.638 bits per heavy atom. The average molecular weight is 2130 g/mol. The molecule has 28 heteroatoms. The Hall–Kier alpha value is -0.720. The number of nitrogens with zero attached hydrogens (tertiary/aromatic N) is 5. The number of halogens is 3. The van der Waals surface area contributed by atoms with Gasteiger partial charge < -0.3 is 10.6 Å². The highest BCUT2D eigenvalue weighted by atomic mass is 79.9. The van der Waals surface area contributed by atoms with Crippen molar-refractivity contribution in [2.24, 2.45) is 7.05 Å². The molecule has 18 aliphatic carbocycles. The lowest BCUT2D eigenvalue weighted by Gasteiger charge is -2.04. The van der Waals surface area contributed by atoms with Crippen molar-refractivity contribution < 1.29 is 47.9 Å². The lowest BCUT2D eigenvalue weighted by atomic mass is 10.3. The van der Waals surface area contributed by atoms with Crippen molar-refractivity contribution in [3.05, 3.63) is 11.9 Å². The van der Waals surface area contributed by atoms with E-state index in [1.54, 1.807) is 105 Å². The molecule has 0 radical (unpaired) electrons. The van der Waals surface area contributed by atoms with E-state index in [9.17, 15) is 47.9 Å². The summed E-state index contributed by atoms with van der Waals surface area (Å²) in [6.45, 7) is 8.34. The molecule has 0 spiro atoms. The van der Waals surface area contributed by atoms with Crippen molar-refractivity contribution in [1.82, 2.24) is 35.4 Å². The number of aromatic nitrogens is 3. The van der Waals surface area contributed by atoms with Crippen LogP contribution >= 0.6 is 142 Å². The number of rotatable bonds is 19. The zero-order valence-electron chi connectivity index (χ0n) is 83.9. The minimum Gasteiger partial charge on any atom is -0.358 e. The molecule has 0 bridgehead atoms. The molecule has 750 valence electrons. The van der Waals surface area contributed by atoms with Crippen LogP contribution in [0.4, 0.5) is 0 Å². The fourth-order valence-corrected chi connectivity index (χ4v) is 10.7. The number of hydrogen-bond acceptors (Lipinski definition) is 20. The number of nitrogens with one attached hydrogen (secondary N) is 2. The van der Waals surface area contributed by atoms with Crippen molar-refractivity contribution in [2.75, 3.05) is 113 Å². The quantitative estimate of drug-likeness (QED) is 0.0968. The standard InChI is InChI=1S/2C6H9NO2S.C5H10BrNOS.2C5H9BrOS.2C5H10OS.C4H7N3.C4H9NOS.18C3H6/c2*1-7-5(8)3-4(10-2)6(7)9;1-7-5(8)4(6)3-9-2;2*1-4(7)5(6)3-8-2;2*1-5(6)3-4-7-2;1-4-3-7(2)6-5-4;1-5-4(6)3-7-2;18*1-2-3-1/h2*4H,3H2,1-2H3;4H,3H2,1-2H3,(H,7,8);2*5H,3H2,1-2H3;2*3-4H2,1-2H3;3H,1-2H3;3H2,1-2H3,(H,5,6);18*1-3H2. The van der Waals surface area contributed by atoms with Gasteiger partial charge in [-0.1, -0.05) is 400 Å². The number of amides is 6. The summed E-state index contributed by atoms with van der Waals surface area (Å²) >= 11 is 22.5. The van der Waals surface area contributed by atoms with Gasteiger partial charge in [0.25, 0.3) is 0 Å². The first-order valence-electron chi connectivity index (χ1n) is 48.8. The van der Waals surface area contributed by atoms with Gasteiger partial charge in [-0.3, -0.25) is 62.4 Å². The molecular weight excluding hydrogens is 1940 g/mol. The Bertz CT molecular complexity index is 2280. The van der Waals surface area contributed by atoms with Gasteiger partial charge in [-0.05, 0) is 96.2 Å². The lowest BCUT2D eigenvalue weighted by Crippen LogP contribution is -2.28. The molecule has 2 aliphatic heterocycles. The van der Waals surface area contributed by atoms with Crippen LogP contribution in [0.5, 0.6) is 0 Å². The van der Waals surface area contributed by atoms with E-state index in [1.165, 1.54) is 406 Å². The highest BCUT2D eigenvalue weighted by molar-refractivity contribution is 9.10. The molecule has 127 heavy (non-hydrogen) atoms. The first-order valence-corrected chi connectivity index (χ1v) is 62.5. The molecule has 5 unspecified atom stereocenters. The number of aryl methyl sites for hydroxylation is 2. The maximum atomic E-state index is 11.0. The van der Waals surface area contributed by atoms with Crippen LogP contribution < -0.4 is 10.6 Å². The van der Waals surface area contributed by atoms with E-state index in [2.05, 4.69) is 68.7 Å². The molecule has 3 heterocycles. The van der Waals surface area contributed by atoms with Crippen LogP contribution in [0.2, 0.25) is 0 Å². The van der Waals surface area contributed by atoms with Crippen LogP contribution in [0, 0.1) is 6.92 Å². The number of Topliss-reactive ketones (excluding diaryl/α,β-unsaturated/α-hetero) is 4. The van der Waals surface area contributed by atoms with Crippen LogP contribution in [0.1, 0.15) is 406 Å². The summed E-state index contributed by atoms with van der Waals surface area (Å²) in [5.74, 6) is 5.94. The number of likely N-dealkylation sites (tertiary alicyclic amines) is 2. The number of carbonyl (C=O) groups is 10. The Morgan fingerprint density at radius 2 is 0.567 bits per heavy atom. The van der Waals surface area contributed by atoms with Gasteiger partial charge in [0.1, 0.15) is 28.0 Å². The van der Waals surface area contributed by atoms with Crippen LogP contribution in [-0.4, -0.2) is 221 Å². The topological polar surface area (TPSA) is 232 Å². The molecule has 2 saturated heterocycles. The van der Waals surface area contributed by atoms with E-state index in [0.29, 0.717) is 18.6 Å². The van der Waals surface area contributed by atoms with E-state index in [-0.39, 0.29) is 83.6 Å². The molecule has 6 amide bonds. The largest absolute Gasteiger partial charge is 0.358 e. The summed E-state index contributed by atoms with van der Waals surface area (Å²) in [6.07, 6.45) is 101. The van der Waals surface area contributed by atoms with Gasteiger partial charge in [0.05, 0.1) is 31.6 Å². The second-order valence-corrected chi connectivity index (χ2v) is 44.6. The molecule has 17 nitrogen and oxygen atoms in total. The van der Waals surface area contributed by atoms with Crippen molar-refractivity contribution >= 4 is 200 Å². The maximum absolute atomic E-state index is 11.0. The summed E-state index contributed by atoms with van der Waals surface area (Å²) in [4.78, 5) is 109.